The van der Waals surface area contributed by atoms with Gasteiger partial charge < -0.3 is 21.3 Å². The average molecular weight is 260 g/mol. The van der Waals surface area contributed by atoms with Crippen LogP contribution in [0.4, 0.5) is 14.5 Å². The fourth-order valence-electron chi connectivity index (χ4n) is 1.57. The number of nitrogens with two attached hydrogens (primary N) is 1. The number of nitrogens with one attached hydrogen (secondary N) is 1. The molecule has 0 radical (unpaired) electrons. The molecule has 1 rings (SSSR count). The Hall–Kier alpha value is -1.24. The van der Waals surface area contributed by atoms with Gasteiger partial charge >= 0.3 is 0 Å². The Morgan fingerprint density at radius 1 is 1.22 bits per heavy atom. The molecule has 18 heavy (non-hydrogen) atoms. The quantitative estimate of drug-likeness (QED) is 0.614. The zero-order valence-electron chi connectivity index (χ0n) is 10.2. The second-order valence-electron chi connectivity index (χ2n) is 4.21. The Bertz CT molecular complexity index is 378. The molecule has 5 N–H and O–H groups in total. The molecule has 1 aromatic rings. The van der Waals surface area contributed by atoms with Crippen LogP contribution in [0.25, 0.3) is 0 Å². The maximum atomic E-state index is 13.7. The zero-order chi connectivity index (χ0) is 13.8. The van der Waals surface area contributed by atoms with Crippen molar-refractivity contribution in [3.05, 3.63) is 29.3 Å². The van der Waals surface area contributed by atoms with E-state index in [1.165, 1.54) is 0 Å². The highest BCUT2D eigenvalue weighted by atomic mass is 19.1. The summed E-state index contributed by atoms with van der Waals surface area (Å²) in [5, 5.41) is 21.0. The molecule has 4 nitrogen and oxygen atoms in total. The SMILES string of the molecule is CCC(CO)(CO)Nc1c(F)cc(CN)cc1F. The number of benzene rings is 1. The van der Waals surface area contributed by atoms with Crippen molar-refractivity contribution < 1.29 is 19.0 Å². The summed E-state index contributed by atoms with van der Waals surface area (Å²) in [6.07, 6.45) is 0.317. The van der Waals surface area contributed by atoms with Crippen LogP contribution in [-0.2, 0) is 6.54 Å². The van der Waals surface area contributed by atoms with E-state index in [2.05, 4.69) is 5.32 Å². The summed E-state index contributed by atoms with van der Waals surface area (Å²) in [5.74, 6) is -1.59. The lowest BCUT2D eigenvalue weighted by molar-refractivity contribution is 0.132. The molecule has 0 heterocycles. The third-order valence-corrected chi connectivity index (χ3v) is 3.01. The molecule has 0 unspecified atom stereocenters. The molecule has 0 fully saturated rings. The first kappa shape index (κ1) is 14.8. The number of halogens is 2. The standard InChI is InChI=1S/C12H18F2N2O2/c1-2-12(6-17,7-18)16-11-9(13)3-8(5-15)4-10(11)14/h3-4,16-18H,2,5-7,15H2,1H3. The van der Waals surface area contributed by atoms with E-state index in [1.807, 2.05) is 0 Å². The van der Waals surface area contributed by atoms with Gasteiger partial charge in [0, 0.05) is 6.54 Å². The van der Waals surface area contributed by atoms with Crippen molar-refractivity contribution in [3.8, 4) is 0 Å². The first-order valence-electron chi connectivity index (χ1n) is 5.69. The molecule has 0 aliphatic heterocycles. The second kappa shape index (κ2) is 6.08. The van der Waals surface area contributed by atoms with Crippen molar-refractivity contribution in [2.24, 2.45) is 5.73 Å². The molecule has 0 spiro atoms. The van der Waals surface area contributed by atoms with Gasteiger partial charge in [0.2, 0.25) is 0 Å². The van der Waals surface area contributed by atoms with E-state index in [0.717, 1.165) is 12.1 Å². The molecule has 6 heteroatoms. The van der Waals surface area contributed by atoms with Gasteiger partial charge in [-0.05, 0) is 24.1 Å². The number of anilines is 1. The van der Waals surface area contributed by atoms with Gasteiger partial charge in [-0.3, -0.25) is 0 Å². The highest BCUT2D eigenvalue weighted by Gasteiger charge is 2.28. The zero-order valence-corrected chi connectivity index (χ0v) is 10.2. The second-order valence-corrected chi connectivity index (χ2v) is 4.21. The van der Waals surface area contributed by atoms with Crippen LogP contribution in [0, 0.1) is 11.6 Å². The van der Waals surface area contributed by atoms with Crippen LogP contribution in [0.1, 0.15) is 18.9 Å². The van der Waals surface area contributed by atoms with E-state index < -0.39 is 30.4 Å². The number of aliphatic hydroxyl groups is 2. The van der Waals surface area contributed by atoms with Gasteiger partial charge in [-0.2, -0.15) is 0 Å². The van der Waals surface area contributed by atoms with Gasteiger partial charge in [0.15, 0.2) is 0 Å². The van der Waals surface area contributed by atoms with Gasteiger partial charge in [-0.1, -0.05) is 6.92 Å². The smallest absolute Gasteiger partial charge is 0.149 e. The summed E-state index contributed by atoms with van der Waals surface area (Å²) in [6.45, 7) is 0.867. The predicted octanol–water partition coefficient (Wildman–Crippen LogP) is 0.969. The lowest BCUT2D eigenvalue weighted by atomic mass is 9.97. The van der Waals surface area contributed by atoms with Crippen molar-refractivity contribution in [2.45, 2.75) is 25.4 Å². The van der Waals surface area contributed by atoms with Crippen LogP contribution in [-0.4, -0.2) is 29.0 Å². The molecule has 102 valence electrons. The molecule has 0 amide bonds. The minimum absolute atomic E-state index is 0.0348. The molecule has 1 aromatic carbocycles. The van der Waals surface area contributed by atoms with Gasteiger partial charge in [0.25, 0.3) is 0 Å². The summed E-state index contributed by atoms with van der Waals surface area (Å²) in [7, 11) is 0. The van der Waals surface area contributed by atoms with Crippen LogP contribution >= 0.6 is 0 Å². The molecular formula is C12H18F2N2O2. The molecule has 0 saturated heterocycles. The van der Waals surface area contributed by atoms with E-state index in [-0.39, 0.29) is 12.2 Å². The monoisotopic (exact) mass is 260 g/mol. The molecule has 0 bridgehead atoms. The van der Waals surface area contributed by atoms with E-state index >= 15 is 0 Å². The van der Waals surface area contributed by atoms with Crippen LogP contribution in [0.3, 0.4) is 0 Å². The average Bonchev–Trinajstić information content (AvgIpc) is 2.39. The van der Waals surface area contributed by atoms with Crippen LogP contribution in [0.2, 0.25) is 0 Å². The summed E-state index contributed by atoms with van der Waals surface area (Å²) < 4.78 is 27.4. The molecule has 0 aliphatic rings. The Labute approximate surface area is 104 Å². The Morgan fingerprint density at radius 2 is 1.72 bits per heavy atom. The third-order valence-electron chi connectivity index (χ3n) is 3.01. The molecule has 0 aromatic heterocycles. The summed E-state index contributed by atoms with van der Waals surface area (Å²) in [4.78, 5) is 0. The van der Waals surface area contributed by atoms with E-state index in [1.54, 1.807) is 6.92 Å². The number of rotatable bonds is 6. The summed E-state index contributed by atoms with van der Waals surface area (Å²) >= 11 is 0. The highest BCUT2D eigenvalue weighted by molar-refractivity contribution is 5.50. The van der Waals surface area contributed by atoms with Gasteiger partial charge in [0.05, 0.1) is 18.8 Å². The highest BCUT2D eigenvalue weighted by Crippen LogP contribution is 2.25. The van der Waals surface area contributed by atoms with Crippen molar-refractivity contribution in [3.63, 3.8) is 0 Å². The predicted molar refractivity (Wildman–Crippen MR) is 65.1 cm³/mol. The third kappa shape index (κ3) is 2.95. The van der Waals surface area contributed by atoms with E-state index in [9.17, 15) is 19.0 Å². The lowest BCUT2D eigenvalue weighted by Gasteiger charge is -2.31. The van der Waals surface area contributed by atoms with Crippen LogP contribution in [0.15, 0.2) is 12.1 Å². The van der Waals surface area contributed by atoms with Gasteiger partial charge in [-0.25, -0.2) is 8.78 Å². The van der Waals surface area contributed by atoms with Crippen molar-refractivity contribution in [2.75, 3.05) is 18.5 Å². The minimum atomic E-state index is -1.15. The van der Waals surface area contributed by atoms with Crippen molar-refractivity contribution in [1.29, 1.82) is 0 Å². The lowest BCUT2D eigenvalue weighted by Crippen LogP contribution is -2.45. The molecular weight excluding hydrogens is 242 g/mol. The Kier molecular flexibility index (Phi) is 5.01. The normalized spacial score (nSPS) is 11.7. The van der Waals surface area contributed by atoms with Gasteiger partial charge in [-0.15, -0.1) is 0 Å². The Balaban J connectivity index is 3.10. The maximum absolute atomic E-state index is 13.7. The van der Waals surface area contributed by atoms with E-state index in [0.29, 0.717) is 12.0 Å². The number of aliphatic hydroxyl groups excluding tert-OH is 2. The fourth-order valence-corrected chi connectivity index (χ4v) is 1.57. The van der Waals surface area contributed by atoms with E-state index in [4.69, 9.17) is 5.73 Å². The number of hydrogen-bond donors (Lipinski definition) is 4. The number of hydrogen-bond acceptors (Lipinski definition) is 4. The Morgan fingerprint density at radius 3 is 2.06 bits per heavy atom. The summed E-state index contributed by atoms with van der Waals surface area (Å²) in [5.41, 5.74) is 4.14. The largest absolute Gasteiger partial charge is 0.394 e. The van der Waals surface area contributed by atoms with Crippen LogP contribution in [0.5, 0.6) is 0 Å². The van der Waals surface area contributed by atoms with Crippen molar-refractivity contribution in [1.82, 2.24) is 0 Å². The maximum Gasteiger partial charge on any atom is 0.149 e. The first-order chi connectivity index (χ1) is 8.51. The molecule has 0 atom stereocenters. The van der Waals surface area contributed by atoms with Crippen molar-refractivity contribution >= 4 is 5.69 Å². The fraction of sp³-hybridized carbons (Fsp3) is 0.500. The van der Waals surface area contributed by atoms with Gasteiger partial charge in [0.1, 0.15) is 17.3 Å². The minimum Gasteiger partial charge on any atom is -0.394 e. The molecule has 0 saturated carbocycles. The molecule has 0 aliphatic carbocycles. The summed E-state index contributed by atoms with van der Waals surface area (Å²) in [6, 6.07) is 2.25. The van der Waals surface area contributed by atoms with Crippen LogP contribution < -0.4 is 11.1 Å². The topological polar surface area (TPSA) is 78.5 Å². The first-order valence-corrected chi connectivity index (χ1v) is 5.69.